The summed E-state index contributed by atoms with van der Waals surface area (Å²) >= 11 is 0. The zero-order valence-electron chi connectivity index (χ0n) is 12.5. The van der Waals surface area contributed by atoms with Crippen molar-refractivity contribution in [3.63, 3.8) is 0 Å². The summed E-state index contributed by atoms with van der Waals surface area (Å²) in [6, 6.07) is 2.85. The number of hydrogen-bond donors (Lipinski definition) is 2. The first-order chi connectivity index (χ1) is 9.99. The number of carbonyl (C=O) groups is 2. The minimum Gasteiger partial charge on any atom is -0.459 e. The summed E-state index contributed by atoms with van der Waals surface area (Å²) in [5, 5.41) is 2.77. The zero-order valence-corrected chi connectivity index (χ0v) is 12.5. The zero-order chi connectivity index (χ0) is 15.4. The maximum atomic E-state index is 12.6. The Hall–Kier alpha value is -1.82. The third-order valence-corrected chi connectivity index (χ3v) is 3.82. The van der Waals surface area contributed by atoms with E-state index in [4.69, 9.17) is 10.2 Å². The van der Waals surface area contributed by atoms with Crippen LogP contribution in [-0.2, 0) is 4.79 Å². The molecule has 3 N–H and O–H groups in total. The third kappa shape index (κ3) is 3.85. The van der Waals surface area contributed by atoms with Crippen LogP contribution in [0.3, 0.4) is 0 Å². The maximum absolute atomic E-state index is 12.6. The molecule has 0 aliphatic carbocycles. The highest BCUT2D eigenvalue weighted by Gasteiger charge is 2.31. The van der Waals surface area contributed by atoms with Crippen LogP contribution in [0.25, 0.3) is 0 Å². The molecule has 1 fully saturated rings. The molecule has 1 aromatic heterocycles. The molecule has 0 bridgehead atoms. The maximum Gasteiger partial charge on any atom is 0.287 e. The number of nitrogens with one attached hydrogen (secondary N) is 1. The summed E-state index contributed by atoms with van der Waals surface area (Å²) in [5.41, 5.74) is 5.86. The van der Waals surface area contributed by atoms with Crippen molar-refractivity contribution in [2.24, 2.45) is 11.7 Å². The van der Waals surface area contributed by atoms with E-state index in [1.165, 1.54) is 6.26 Å². The van der Waals surface area contributed by atoms with Gasteiger partial charge < -0.3 is 20.4 Å². The molecular formula is C15H23N3O3. The van der Waals surface area contributed by atoms with E-state index in [1.807, 2.05) is 13.8 Å². The molecule has 1 atom stereocenters. The van der Waals surface area contributed by atoms with E-state index in [0.717, 1.165) is 12.8 Å². The van der Waals surface area contributed by atoms with Gasteiger partial charge in [0.1, 0.15) is 6.04 Å². The molecule has 0 radical (unpaired) electrons. The van der Waals surface area contributed by atoms with Crippen molar-refractivity contribution in [1.82, 2.24) is 10.2 Å². The van der Waals surface area contributed by atoms with Crippen LogP contribution in [0.15, 0.2) is 22.8 Å². The number of amides is 2. The second-order valence-electron chi connectivity index (χ2n) is 5.84. The van der Waals surface area contributed by atoms with E-state index in [9.17, 15) is 9.59 Å². The van der Waals surface area contributed by atoms with Crippen LogP contribution in [0, 0.1) is 5.92 Å². The monoisotopic (exact) mass is 293 g/mol. The van der Waals surface area contributed by atoms with Gasteiger partial charge >= 0.3 is 0 Å². The van der Waals surface area contributed by atoms with Gasteiger partial charge in [-0.2, -0.15) is 0 Å². The minimum absolute atomic E-state index is 0.00649. The van der Waals surface area contributed by atoms with Crippen LogP contribution in [0.1, 0.15) is 37.2 Å². The SMILES string of the molecule is CC(C)C(NC(=O)c1ccco1)C(=O)N1CCC(N)CC1. The molecule has 1 aliphatic heterocycles. The quantitative estimate of drug-likeness (QED) is 0.866. The first-order valence-corrected chi connectivity index (χ1v) is 7.37. The van der Waals surface area contributed by atoms with Gasteiger partial charge in [-0.05, 0) is 30.9 Å². The average molecular weight is 293 g/mol. The molecule has 0 aromatic carbocycles. The Labute approximate surface area is 124 Å². The Bertz CT molecular complexity index is 476. The molecule has 6 nitrogen and oxygen atoms in total. The van der Waals surface area contributed by atoms with Gasteiger partial charge in [0.15, 0.2) is 5.76 Å². The van der Waals surface area contributed by atoms with Crippen molar-refractivity contribution in [2.45, 2.75) is 38.8 Å². The molecule has 2 heterocycles. The molecule has 1 aliphatic rings. The Morgan fingerprint density at radius 2 is 2.05 bits per heavy atom. The minimum atomic E-state index is -0.545. The Morgan fingerprint density at radius 1 is 1.38 bits per heavy atom. The summed E-state index contributed by atoms with van der Waals surface area (Å²) in [6.45, 7) is 5.14. The van der Waals surface area contributed by atoms with Crippen LogP contribution in [0.2, 0.25) is 0 Å². The van der Waals surface area contributed by atoms with Gasteiger partial charge in [-0.15, -0.1) is 0 Å². The molecule has 0 saturated carbocycles. The van der Waals surface area contributed by atoms with Crippen molar-refractivity contribution in [1.29, 1.82) is 0 Å². The lowest BCUT2D eigenvalue weighted by molar-refractivity contribution is -0.135. The molecule has 0 spiro atoms. The second kappa shape index (κ2) is 6.76. The number of nitrogens with zero attached hydrogens (tertiary/aromatic N) is 1. The van der Waals surface area contributed by atoms with E-state index in [1.54, 1.807) is 17.0 Å². The summed E-state index contributed by atoms with van der Waals surface area (Å²) in [6.07, 6.45) is 3.05. The second-order valence-corrected chi connectivity index (χ2v) is 5.84. The molecule has 2 amide bonds. The normalized spacial score (nSPS) is 17.8. The van der Waals surface area contributed by atoms with Crippen LogP contribution in [0.5, 0.6) is 0 Å². The molecule has 1 saturated heterocycles. The fraction of sp³-hybridized carbons (Fsp3) is 0.600. The highest BCUT2D eigenvalue weighted by molar-refractivity contribution is 5.95. The fourth-order valence-corrected chi connectivity index (χ4v) is 2.45. The third-order valence-electron chi connectivity index (χ3n) is 3.82. The molecule has 6 heteroatoms. The fourth-order valence-electron chi connectivity index (χ4n) is 2.45. The summed E-state index contributed by atoms with van der Waals surface area (Å²) in [4.78, 5) is 26.4. The Balaban J connectivity index is 2.01. The van der Waals surface area contributed by atoms with Gasteiger partial charge in [0, 0.05) is 19.1 Å². The van der Waals surface area contributed by atoms with Gasteiger partial charge in [0.25, 0.3) is 5.91 Å². The predicted octanol–water partition coefficient (Wildman–Crippen LogP) is 0.984. The molecule has 21 heavy (non-hydrogen) atoms. The highest BCUT2D eigenvalue weighted by Crippen LogP contribution is 2.14. The Kier molecular flexibility index (Phi) is 5.01. The summed E-state index contributed by atoms with van der Waals surface area (Å²) in [5.74, 6) is -0.182. The van der Waals surface area contributed by atoms with Crippen molar-refractivity contribution in [2.75, 3.05) is 13.1 Å². The molecule has 116 valence electrons. The van der Waals surface area contributed by atoms with Crippen molar-refractivity contribution < 1.29 is 14.0 Å². The number of piperidine rings is 1. The first-order valence-electron chi connectivity index (χ1n) is 7.37. The van der Waals surface area contributed by atoms with E-state index in [0.29, 0.717) is 13.1 Å². The van der Waals surface area contributed by atoms with E-state index in [-0.39, 0.29) is 29.5 Å². The number of rotatable bonds is 4. The number of likely N-dealkylation sites (tertiary alicyclic amines) is 1. The number of furan rings is 1. The van der Waals surface area contributed by atoms with Gasteiger partial charge in [0.2, 0.25) is 5.91 Å². The summed E-state index contributed by atoms with van der Waals surface area (Å²) < 4.78 is 5.06. The van der Waals surface area contributed by atoms with Gasteiger partial charge in [-0.25, -0.2) is 0 Å². The molecule has 1 unspecified atom stereocenters. The van der Waals surface area contributed by atoms with Crippen molar-refractivity contribution >= 4 is 11.8 Å². The lowest BCUT2D eigenvalue weighted by Gasteiger charge is -2.34. The first kappa shape index (κ1) is 15.6. The summed E-state index contributed by atoms with van der Waals surface area (Å²) in [7, 11) is 0. The molecular weight excluding hydrogens is 270 g/mol. The van der Waals surface area contributed by atoms with Gasteiger partial charge in [0.05, 0.1) is 6.26 Å². The van der Waals surface area contributed by atoms with Crippen molar-refractivity contribution in [3.8, 4) is 0 Å². The Morgan fingerprint density at radius 3 is 2.57 bits per heavy atom. The number of carbonyl (C=O) groups excluding carboxylic acids is 2. The van der Waals surface area contributed by atoms with Crippen LogP contribution in [-0.4, -0.2) is 41.9 Å². The van der Waals surface area contributed by atoms with E-state index in [2.05, 4.69) is 5.32 Å². The van der Waals surface area contributed by atoms with E-state index >= 15 is 0 Å². The van der Waals surface area contributed by atoms with Gasteiger partial charge in [-0.3, -0.25) is 9.59 Å². The standard InChI is InChI=1S/C15H23N3O3/c1-10(2)13(17-14(19)12-4-3-9-21-12)15(20)18-7-5-11(16)6-8-18/h3-4,9-11,13H,5-8,16H2,1-2H3,(H,17,19). The topological polar surface area (TPSA) is 88.6 Å². The lowest BCUT2D eigenvalue weighted by Crippen LogP contribution is -2.54. The highest BCUT2D eigenvalue weighted by atomic mass is 16.3. The van der Waals surface area contributed by atoms with E-state index < -0.39 is 6.04 Å². The predicted molar refractivity (Wildman–Crippen MR) is 78.6 cm³/mol. The average Bonchev–Trinajstić information content (AvgIpc) is 2.98. The van der Waals surface area contributed by atoms with Crippen LogP contribution >= 0.6 is 0 Å². The number of nitrogens with two attached hydrogens (primary N) is 1. The van der Waals surface area contributed by atoms with Crippen molar-refractivity contribution in [3.05, 3.63) is 24.2 Å². The van der Waals surface area contributed by atoms with Gasteiger partial charge in [-0.1, -0.05) is 13.8 Å². The smallest absolute Gasteiger partial charge is 0.287 e. The van der Waals surface area contributed by atoms with Crippen LogP contribution in [0.4, 0.5) is 0 Å². The lowest BCUT2D eigenvalue weighted by atomic mass is 10.00. The van der Waals surface area contributed by atoms with Crippen LogP contribution < -0.4 is 11.1 Å². The number of hydrogen-bond acceptors (Lipinski definition) is 4. The largest absolute Gasteiger partial charge is 0.459 e. The molecule has 2 rings (SSSR count). The molecule has 1 aromatic rings.